The van der Waals surface area contributed by atoms with E-state index in [1.165, 1.54) is 11.3 Å². The fraction of sp³-hybridized carbons (Fsp3) is 0. The first-order chi connectivity index (χ1) is 9.59. The summed E-state index contributed by atoms with van der Waals surface area (Å²) in [7, 11) is 0. The molecule has 1 aliphatic rings. The summed E-state index contributed by atoms with van der Waals surface area (Å²) in [6, 6.07) is 10.6. The summed E-state index contributed by atoms with van der Waals surface area (Å²) < 4.78 is 0.788. The largest absolute Gasteiger partial charge is 0.277 e. The minimum absolute atomic E-state index is 0.0302. The molecule has 20 heavy (non-hydrogen) atoms. The fourth-order valence-corrected chi connectivity index (χ4v) is 3.47. The zero-order valence-corrected chi connectivity index (χ0v) is 13.1. The Hall–Kier alpha value is -1.43. The van der Waals surface area contributed by atoms with E-state index in [2.05, 4.69) is 15.9 Å². The number of anilines is 1. The molecule has 0 fully saturated rings. The third-order valence-corrected chi connectivity index (χ3v) is 4.59. The Balaban J connectivity index is 2.07. The van der Waals surface area contributed by atoms with Crippen molar-refractivity contribution < 1.29 is 9.59 Å². The van der Waals surface area contributed by atoms with E-state index in [1.807, 2.05) is 17.5 Å². The molecule has 1 aliphatic heterocycles. The van der Waals surface area contributed by atoms with Crippen LogP contribution < -0.4 is 4.90 Å². The second-order valence-electron chi connectivity index (χ2n) is 4.09. The standard InChI is InChI=1S/C14H7BrClNO2S/c15-8-3-1-4-9(7-8)17-13(18)11(12(16)14(17)19)10-5-2-6-20-10/h1-7H. The van der Waals surface area contributed by atoms with E-state index >= 15 is 0 Å². The van der Waals surface area contributed by atoms with Crippen LogP contribution in [0.1, 0.15) is 4.88 Å². The molecule has 0 atom stereocenters. The van der Waals surface area contributed by atoms with Gasteiger partial charge in [0.15, 0.2) is 0 Å². The average molecular weight is 369 g/mol. The molecular formula is C14H7BrClNO2S. The predicted octanol–water partition coefficient (Wildman–Crippen LogP) is 4.03. The minimum atomic E-state index is -0.488. The molecule has 0 spiro atoms. The molecule has 3 rings (SSSR count). The minimum Gasteiger partial charge on any atom is -0.268 e. The van der Waals surface area contributed by atoms with Gasteiger partial charge in [0.2, 0.25) is 0 Å². The Morgan fingerprint density at radius 2 is 1.90 bits per heavy atom. The first-order valence-electron chi connectivity index (χ1n) is 5.67. The molecule has 3 nitrogen and oxygen atoms in total. The SMILES string of the molecule is O=C1C(Cl)=C(c2cccs2)C(=O)N1c1cccc(Br)c1. The highest BCUT2D eigenvalue weighted by atomic mass is 79.9. The Kier molecular flexibility index (Phi) is 3.50. The maximum absolute atomic E-state index is 12.5. The quantitative estimate of drug-likeness (QED) is 0.750. The molecule has 0 aliphatic carbocycles. The van der Waals surface area contributed by atoms with Gasteiger partial charge in [-0.2, -0.15) is 0 Å². The first-order valence-corrected chi connectivity index (χ1v) is 7.72. The predicted molar refractivity (Wildman–Crippen MR) is 83.7 cm³/mol. The van der Waals surface area contributed by atoms with Crippen molar-refractivity contribution in [3.63, 3.8) is 0 Å². The van der Waals surface area contributed by atoms with Gasteiger partial charge in [-0.1, -0.05) is 39.7 Å². The number of hydrogen-bond acceptors (Lipinski definition) is 3. The van der Waals surface area contributed by atoms with Crippen LogP contribution in [0.4, 0.5) is 5.69 Å². The summed E-state index contributed by atoms with van der Waals surface area (Å²) in [5.74, 6) is -0.876. The van der Waals surface area contributed by atoms with E-state index in [0.717, 1.165) is 9.37 Å². The van der Waals surface area contributed by atoms with Crippen LogP contribution in [0.2, 0.25) is 0 Å². The van der Waals surface area contributed by atoms with Gasteiger partial charge in [-0.3, -0.25) is 9.59 Å². The van der Waals surface area contributed by atoms with Crippen LogP contribution in [0.25, 0.3) is 5.57 Å². The Labute approximate surface area is 132 Å². The number of hydrogen-bond donors (Lipinski definition) is 0. The highest BCUT2D eigenvalue weighted by molar-refractivity contribution is 9.10. The van der Waals surface area contributed by atoms with Crippen molar-refractivity contribution in [2.75, 3.05) is 4.90 Å². The van der Waals surface area contributed by atoms with Crippen LogP contribution in [0.5, 0.6) is 0 Å². The van der Waals surface area contributed by atoms with E-state index in [9.17, 15) is 9.59 Å². The number of amides is 2. The molecule has 0 saturated heterocycles. The van der Waals surface area contributed by atoms with E-state index < -0.39 is 5.91 Å². The monoisotopic (exact) mass is 367 g/mol. The third kappa shape index (κ3) is 2.12. The lowest BCUT2D eigenvalue weighted by Crippen LogP contribution is -2.31. The van der Waals surface area contributed by atoms with E-state index in [-0.39, 0.29) is 16.5 Å². The summed E-state index contributed by atoms with van der Waals surface area (Å²) in [6.45, 7) is 0. The van der Waals surface area contributed by atoms with Gasteiger partial charge in [-0.15, -0.1) is 11.3 Å². The van der Waals surface area contributed by atoms with Crippen molar-refractivity contribution in [3.8, 4) is 0 Å². The van der Waals surface area contributed by atoms with Crippen molar-refractivity contribution in [3.05, 3.63) is 56.2 Å². The molecule has 0 radical (unpaired) electrons. The highest BCUT2D eigenvalue weighted by Gasteiger charge is 2.39. The van der Waals surface area contributed by atoms with Crippen molar-refractivity contribution in [1.29, 1.82) is 0 Å². The maximum atomic E-state index is 12.5. The van der Waals surface area contributed by atoms with E-state index in [0.29, 0.717) is 10.6 Å². The number of carbonyl (C=O) groups is 2. The van der Waals surface area contributed by atoms with Crippen LogP contribution in [0.15, 0.2) is 51.3 Å². The molecule has 1 aromatic heterocycles. The lowest BCUT2D eigenvalue weighted by molar-refractivity contribution is -0.119. The number of nitrogens with zero attached hydrogens (tertiary/aromatic N) is 1. The zero-order valence-electron chi connectivity index (χ0n) is 9.97. The maximum Gasteiger partial charge on any atom is 0.277 e. The van der Waals surface area contributed by atoms with E-state index in [4.69, 9.17) is 11.6 Å². The van der Waals surface area contributed by atoms with Crippen LogP contribution in [-0.4, -0.2) is 11.8 Å². The lowest BCUT2D eigenvalue weighted by atomic mass is 10.2. The van der Waals surface area contributed by atoms with Gasteiger partial charge in [-0.05, 0) is 29.6 Å². The Bertz CT molecular complexity index is 739. The third-order valence-electron chi connectivity index (χ3n) is 2.86. The molecule has 0 bridgehead atoms. The molecule has 0 saturated carbocycles. The van der Waals surface area contributed by atoms with Crippen LogP contribution in [0.3, 0.4) is 0 Å². The van der Waals surface area contributed by atoms with Gasteiger partial charge >= 0.3 is 0 Å². The van der Waals surface area contributed by atoms with Crippen LogP contribution in [-0.2, 0) is 9.59 Å². The highest BCUT2D eigenvalue weighted by Crippen LogP contribution is 2.36. The number of halogens is 2. The molecule has 2 amide bonds. The topological polar surface area (TPSA) is 37.4 Å². The van der Waals surface area contributed by atoms with Gasteiger partial charge in [0.1, 0.15) is 5.03 Å². The molecule has 1 aromatic carbocycles. The zero-order chi connectivity index (χ0) is 14.3. The normalized spacial score (nSPS) is 15.4. The fourth-order valence-electron chi connectivity index (χ4n) is 1.99. The van der Waals surface area contributed by atoms with Crippen molar-refractivity contribution in [2.24, 2.45) is 0 Å². The summed E-state index contributed by atoms with van der Waals surface area (Å²) in [6.07, 6.45) is 0. The Morgan fingerprint density at radius 1 is 1.10 bits per heavy atom. The second-order valence-corrected chi connectivity index (χ2v) is 6.33. The van der Waals surface area contributed by atoms with Crippen LogP contribution in [0, 0.1) is 0 Å². The molecular weight excluding hydrogens is 362 g/mol. The summed E-state index contributed by atoms with van der Waals surface area (Å²) in [5.41, 5.74) is 0.769. The Morgan fingerprint density at radius 3 is 2.55 bits per heavy atom. The van der Waals surface area contributed by atoms with Crippen LogP contribution >= 0.6 is 38.9 Å². The lowest BCUT2D eigenvalue weighted by Gasteiger charge is -2.14. The van der Waals surface area contributed by atoms with E-state index in [1.54, 1.807) is 24.3 Å². The number of carbonyl (C=O) groups excluding carboxylic acids is 2. The molecule has 100 valence electrons. The average Bonchev–Trinajstić information content (AvgIpc) is 2.99. The number of thiophene rings is 1. The van der Waals surface area contributed by atoms with Gasteiger partial charge in [0.05, 0.1) is 11.3 Å². The van der Waals surface area contributed by atoms with Gasteiger partial charge in [0, 0.05) is 9.35 Å². The number of rotatable bonds is 2. The molecule has 2 heterocycles. The molecule has 6 heteroatoms. The second kappa shape index (κ2) is 5.16. The smallest absolute Gasteiger partial charge is 0.268 e. The van der Waals surface area contributed by atoms with Crippen molar-refractivity contribution in [1.82, 2.24) is 0 Å². The molecule has 0 N–H and O–H groups in total. The number of imide groups is 1. The van der Waals surface area contributed by atoms with Gasteiger partial charge < -0.3 is 0 Å². The van der Waals surface area contributed by atoms with Crippen molar-refractivity contribution >= 4 is 61.9 Å². The van der Waals surface area contributed by atoms with Gasteiger partial charge in [0.25, 0.3) is 11.8 Å². The summed E-state index contributed by atoms with van der Waals surface area (Å²) in [4.78, 5) is 26.5. The van der Waals surface area contributed by atoms with Gasteiger partial charge in [-0.25, -0.2) is 4.90 Å². The number of benzene rings is 1. The summed E-state index contributed by atoms with van der Waals surface area (Å²) >= 11 is 10.8. The first kappa shape index (κ1) is 13.5. The summed E-state index contributed by atoms with van der Waals surface area (Å²) in [5, 5.41) is 1.81. The molecule has 0 unspecified atom stereocenters. The molecule has 2 aromatic rings. The van der Waals surface area contributed by atoms with Crippen molar-refractivity contribution in [2.45, 2.75) is 0 Å².